The van der Waals surface area contributed by atoms with E-state index in [1.807, 2.05) is 24.3 Å². The lowest BCUT2D eigenvalue weighted by molar-refractivity contribution is 0.234. The Labute approximate surface area is 328 Å². The number of hydrogen-bond acceptors (Lipinski definition) is 8. The van der Waals surface area contributed by atoms with Gasteiger partial charge in [-0.3, -0.25) is 9.80 Å². The fourth-order valence-electron chi connectivity index (χ4n) is 7.54. The van der Waals surface area contributed by atoms with Crippen molar-refractivity contribution in [2.45, 2.75) is 78.7 Å². The Morgan fingerprint density at radius 1 is 0.667 bits per heavy atom. The Kier molecular flexibility index (Phi) is 15.6. The first kappa shape index (κ1) is 40.2. The van der Waals surface area contributed by atoms with E-state index < -0.39 is 0 Å². The van der Waals surface area contributed by atoms with E-state index in [4.69, 9.17) is 35.5 Å². The molecule has 9 nitrogen and oxygen atoms in total. The van der Waals surface area contributed by atoms with Crippen molar-refractivity contribution in [2.24, 2.45) is 0 Å². The van der Waals surface area contributed by atoms with Crippen molar-refractivity contribution in [1.29, 1.82) is 0 Å². The Bertz CT molecular complexity index is 1710. The maximum Gasteiger partial charge on any atom is 0.150 e. The molecule has 0 atom stereocenters. The van der Waals surface area contributed by atoms with Gasteiger partial charge in [-0.15, -0.1) is 0 Å². The Morgan fingerprint density at radius 3 is 2.00 bits per heavy atom. The summed E-state index contributed by atoms with van der Waals surface area (Å²) < 4.78 is 28.4. The molecule has 3 heterocycles. The summed E-state index contributed by atoms with van der Waals surface area (Å²) in [4.78, 5) is 12.8. The van der Waals surface area contributed by atoms with E-state index in [1.54, 1.807) is 0 Å². The molecule has 0 radical (unpaired) electrons. The topological polar surface area (TPSA) is 64.5 Å². The van der Waals surface area contributed by atoms with Crippen LogP contribution in [0.15, 0.2) is 54.6 Å². The zero-order valence-electron chi connectivity index (χ0n) is 33.0. The molecule has 2 fully saturated rings. The molecule has 0 saturated carbocycles. The molecule has 0 aliphatic carbocycles. The van der Waals surface area contributed by atoms with E-state index in [2.05, 4.69) is 70.4 Å². The number of imidazole rings is 1. The number of fused-ring (bicyclic) bond motifs is 1. The van der Waals surface area contributed by atoms with E-state index in [1.165, 1.54) is 31.2 Å². The smallest absolute Gasteiger partial charge is 0.150 e. The van der Waals surface area contributed by atoms with Gasteiger partial charge in [0.2, 0.25) is 0 Å². The normalized spacial score (nSPS) is 15.1. The van der Waals surface area contributed by atoms with Crippen molar-refractivity contribution in [3.63, 3.8) is 0 Å². The summed E-state index contributed by atoms with van der Waals surface area (Å²) in [7, 11) is 0. The van der Waals surface area contributed by atoms with Gasteiger partial charge in [-0.1, -0.05) is 50.9 Å². The van der Waals surface area contributed by atoms with E-state index in [-0.39, 0.29) is 0 Å². The molecule has 294 valence electrons. The van der Waals surface area contributed by atoms with E-state index in [9.17, 15) is 0 Å². The van der Waals surface area contributed by atoms with Gasteiger partial charge < -0.3 is 28.4 Å². The highest BCUT2D eigenvalue weighted by Crippen LogP contribution is 2.39. The quantitative estimate of drug-likeness (QED) is 0.0696. The SMILES string of the molecule is CCCCn1c(-c2ccc(OCCc3ccc(Cl)cc3)cc2OCCN2CCCC2)nc2c(OCCCN(CC)CC)cc(OCCN3CCCC3)cc21. The Morgan fingerprint density at radius 2 is 1.31 bits per heavy atom. The second kappa shape index (κ2) is 21.0. The molecule has 2 aliphatic heterocycles. The van der Waals surface area contributed by atoms with Gasteiger partial charge in [0.25, 0.3) is 0 Å². The standard InChI is InChI=1S/C44H62ClN5O4/c1-4-7-25-50-40-32-38(52-30-26-48-20-8-9-21-48)34-42(53-28-12-24-47(5-2)6-3)43(40)46-44(50)39-18-17-37(51-29-19-35-13-15-36(45)16-14-35)33-41(39)54-31-27-49-22-10-11-23-49/h13-18,32-34H,4-12,19-31H2,1-3H3. The Balaban J connectivity index is 1.31. The summed E-state index contributed by atoms with van der Waals surface area (Å²) in [6, 6.07) is 18.4. The minimum Gasteiger partial charge on any atom is -0.493 e. The van der Waals surface area contributed by atoms with Crippen LogP contribution in [0.1, 0.15) is 71.3 Å². The van der Waals surface area contributed by atoms with Gasteiger partial charge in [0, 0.05) is 55.8 Å². The van der Waals surface area contributed by atoms with E-state index >= 15 is 0 Å². The molecule has 54 heavy (non-hydrogen) atoms. The molecule has 0 spiro atoms. The van der Waals surface area contributed by atoms with Gasteiger partial charge >= 0.3 is 0 Å². The first-order chi connectivity index (χ1) is 26.5. The van der Waals surface area contributed by atoms with Crippen molar-refractivity contribution in [1.82, 2.24) is 24.3 Å². The highest BCUT2D eigenvalue weighted by Gasteiger charge is 2.22. The first-order valence-electron chi connectivity index (χ1n) is 20.7. The van der Waals surface area contributed by atoms with Crippen LogP contribution in [0.2, 0.25) is 5.02 Å². The van der Waals surface area contributed by atoms with Crippen molar-refractivity contribution in [2.75, 3.05) is 85.3 Å². The van der Waals surface area contributed by atoms with Crippen LogP contribution in [-0.2, 0) is 13.0 Å². The fourth-order valence-corrected chi connectivity index (χ4v) is 7.67. The monoisotopic (exact) mass is 759 g/mol. The van der Waals surface area contributed by atoms with Crippen LogP contribution in [0, 0.1) is 0 Å². The maximum absolute atomic E-state index is 6.65. The molecule has 10 heteroatoms. The van der Waals surface area contributed by atoms with Gasteiger partial charge in [0.15, 0.2) is 5.75 Å². The minimum absolute atomic E-state index is 0.554. The molecular weight excluding hydrogens is 698 g/mol. The predicted octanol–water partition coefficient (Wildman–Crippen LogP) is 8.84. The van der Waals surface area contributed by atoms with Crippen molar-refractivity contribution < 1.29 is 18.9 Å². The molecular formula is C44H62ClN5O4. The summed E-state index contributed by atoms with van der Waals surface area (Å²) in [6.45, 7) is 19.4. The van der Waals surface area contributed by atoms with Crippen molar-refractivity contribution in [3.8, 4) is 34.4 Å². The molecule has 0 N–H and O–H groups in total. The van der Waals surface area contributed by atoms with E-state index in [0.717, 1.165) is 142 Å². The van der Waals surface area contributed by atoms with E-state index in [0.29, 0.717) is 26.4 Å². The predicted molar refractivity (Wildman–Crippen MR) is 221 cm³/mol. The zero-order chi connectivity index (χ0) is 37.5. The number of unbranched alkanes of at least 4 members (excludes halogenated alkanes) is 1. The molecule has 1 aromatic heterocycles. The van der Waals surface area contributed by atoms with Crippen LogP contribution in [-0.4, -0.2) is 110 Å². The van der Waals surface area contributed by atoms with Crippen molar-refractivity contribution in [3.05, 3.63) is 65.2 Å². The molecule has 2 aliphatic rings. The van der Waals surface area contributed by atoms with Gasteiger partial charge in [-0.2, -0.15) is 0 Å². The number of halogens is 1. The average Bonchev–Trinajstić information content (AvgIpc) is 3.98. The number of hydrogen-bond donors (Lipinski definition) is 0. The number of nitrogens with zero attached hydrogens (tertiary/aromatic N) is 5. The summed E-state index contributed by atoms with van der Waals surface area (Å²) in [5.41, 5.74) is 4.04. The summed E-state index contributed by atoms with van der Waals surface area (Å²) in [5, 5.41) is 0.742. The summed E-state index contributed by atoms with van der Waals surface area (Å²) >= 11 is 6.11. The average molecular weight is 760 g/mol. The minimum atomic E-state index is 0.554. The highest BCUT2D eigenvalue weighted by atomic mass is 35.5. The maximum atomic E-state index is 6.65. The number of likely N-dealkylation sites (tertiary alicyclic amines) is 2. The lowest BCUT2D eigenvalue weighted by atomic mass is 10.1. The molecule has 0 bridgehead atoms. The molecule has 4 aromatic rings. The number of aryl methyl sites for hydroxylation is 1. The Hall–Kier alpha value is -3.50. The summed E-state index contributed by atoms with van der Waals surface area (Å²) in [5.74, 6) is 4.06. The second-order valence-electron chi connectivity index (χ2n) is 14.6. The molecule has 2 saturated heterocycles. The zero-order valence-corrected chi connectivity index (χ0v) is 33.8. The third kappa shape index (κ3) is 11.3. The van der Waals surface area contributed by atoms with Gasteiger partial charge in [0.05, 0.1) is 24.3 Å². The number of ether oxygens (including phenoxy) is 4. The van der Waals surface area contributed by atoms with Crippen LogP contribution in [0.25, 0.3) is 22.4 Å². The third-order valence-electron chi connectivity index (χ3n) is 10.8. The largest absolute Gasteiger partial charge is 0.493 e. The number of aromatic nitrogens is 2. The van der Waals surface area contributed by atoms with Crippen molar-refractivity contribution >= 4 is 22.6 Å². The second-order valence-corrected chi connectivity index (χ2v) is 15.1. The number of benzene rings is 3. The number of rotatable bonds is 23. The molecule has 0 unspecified atom stereocenters. The lowest BCUT2D eigenvalue weighted by Crippen LogP contribution is -2.25. The van der Waals surface area contributed by atoms with Crippen LogP contribution >= 0.6 is 11.6 Å². The first-order valence-corrected chi connectivity index (χ1v) is 21.0. The third-order valence-corrected chi connectivity index (χ3v) is 11.1. The summed E-state index contributed by atoms with van der Waals surface area (Å²) in [6.07, 6.45) is 8.89. The lowest BCUT2D eigenvalue weighted by Gasteiger charge is -2.18. The molecule has 0 amide bonds. The highest BCUT2D eigenvalue weighted by molar-refractivity contribution is 6.30. The van der Waals surface area contributed by atoms with Crippen LogP contribution in [0.5, 0.6) is 23.0 Å². The van der Waals surface area contributed by atoms with Crippen LogP contribution in [0.4, 0.5) is 0 Å². The van der Waals surface area contributed by atoms with Crippen LogP contribution < -0.4 is 18.9 Å². The molecule has 6 rings (SSSR count). The van der Waals surface area contributed by atoms with Gasteiger partial charge in [0.1, 0.15) is 41.8 Å². The molecule has 3 aromatic carbocycles. The van der Waals surface area contributed by atoms with Gasteiger partial charge in [-0.05, 0) is 108 Å². The van der Waals surface area contributed by atoms with Gasteiger partial charge in [-0.25, -0.2) is 4.98 Å². The fraction of sp³-hybridized carbons (Fsp3) is 0.568. The van der Waals surface area contributed by atoms with Crippen LogP contribution in [0.3, 0.4) is 0 Å².